The molecule has 0 saturated carbocycles. The van der Waals surface area contributed by atoms with Crippen LogP contribution in [0.25, 0.3) is 10.9 Å². The van der Waals surface area contributed by atoms with Gasteiger partial charge in [-0.15, -0.1) is 0 Å². The maximum Gasteiger partial charge on any atom is 0.253 e. The Morgan fingerprint density at radius 1 is 0.909 bits per heavy atom. The standard InChI is InChI=1S/C36H38Cl3N3O2/c1-2-25-5-3-6-30-31(36(44)40-21-23-7-14-32(38)33(39)19-23)22-41(35(25)30)15-4-16-42-28-12-13-29(42)18-24(17-28)20-34(43)26-8-10-27(37)11-9-26/h3,5-11,14,19,22,24,28-29H,2,4,12-13,15-18,20-21H2,1H3,(H,40,44)/t24-,28-,29+. The number of nitrogens with zero attached hydrogens (tertiary/aromatic N) is 2. The summed E-state index contributed by atoms with van der Waals surface area (Å²) in [5.41, 5.74) is 4.76. The van der Waals surface area contributed by atoms with Gasteiger partial charge in [0, 0.05) is 60.3 Å². The molecule has 1 N–H and O–H groups in total. The second-order valence-electron chi connectivity index (χ2n) is 12.3. The van der Waals surface area contributed by atoms with Crippen molar-refractivity contribution in [3.05, 3.63) is 104 Å². The first kappa shape index (κ1) is 31.2. The zero-order valence-electron chi connectivity index (χ0n) is 25.0. The van der Waals surface area contributed by atoms with Crippen molar-refractivity contribution in [3.63, 3.8) is 0 Å². The minimum atomic E-state index is -0.0960. The molecule has 0 radical (unpaired) electrons. The number of aromatic nitrogens is 1. The number of carbonyl (C=O) groups excluding carboxylic acids is 2. The van der Waals surface area contributed by atoms with Gasteiger partial charge in [-0.3, -0.25) is 14.5 Å². The van der Waals surface area contributed by atoms with Gasteiger partial charge in [-0.2, -0.15) is 0 Å². The summed E-state index contributed by atoms with van der Waals surface area (Å²) in [6.45, 7) is 4.41. The first-order valence-corrected chi connectivity index (χ1v) is 16.8. The summed E-state index contributed by atoms with van der Waals surface area (Å²) in [6, 6.07) is 20.0. The van der Waals surface area contributed by atoms with Crippen LogP contribution in [-0.2, 0) is 19.5 Å². The molecule has 1 amide bonds. The number of benzene rings is 3. The Labute approximate surface area is 274 Å². The second kappa shape index (κ2) is 13.7. The largest absolute Gasteiger partial charge is 0.348 e. The number of Topliss-reactive ketones (excluding diaryl/α,β-unsaturated/α-hetero) is 1. The fraction of sp³-hybridized carbons (Fsp3) is 0.389. The lowest BCUT2D eigenvalue weighted by Crippen LogP contribution is -2.43. The van der Waals surface area contributed by atoms with E-state index in [1.807, 2.05) is 30.5 Å². The Balaban J connectivity index is 1.09. The molecule has 2 aliphatic heterocycles. The van der Waals surface area contributed by atoms with Gasteiger partial charge in [0.1, 0.15) is 0 Å². The number of fused-ring (bicyclic) bond motifs is 3. The third-order valence-electron chi connectivity index (χ3n) is 9.48. The van der Waals surface area contributed by atoms with E-state index < -0.39 is 0 Å². The van der Waals surface area contributed by atoms with Crippen LogP contribution in [0.1, 0.15) is 77.3 Å². The summed E-state index contributed by atoms with van der Waals surface area (Å²) >= 11 is 18.2. The van der Waals surface area contributed by atoms with Gasteiger partial charge in [-0.05, 0) is 92.0 Å². The minimum absolute atomic E-state index is 0.0960. The van der Waals surface area contributed by atoms with E-state index in [2.05, 4.69) is 33.8 Å². The van der Waals surface area contributed by atoms with E-state index in [4.69, 9.17) is 34.8 Å². The van der Waals surface area contributed by atoms with E-state index in [0.717, 1.165) is 60.8 Å². The number of halogens is 3. The number of aryl methyl sites for hydroxylation is 2. The molecule has 2 saturated heterocycles. The lowest BCUT2D eigenvalue weighted by atomic mass is 9.85. The second-order valence-corrected chi connectivity index (χ2v) is 13.5. The van der Waals surface area contributed by atoms with Crippen molar-refractivity contribution in [1.29, 1.82) is 0 Å². The summed E-state index contributed by atoms with van der Waals surface area (Å²) < 4.78 is 2.28. The van der Waals surface area contributed by atoms with Crippen LogP contribution in [0.5, 0.6) is 0 Å². The molecule has 230 valence electrons. The molecule has 2 bridgehead atoms. The van der Waals surface area contributed by atoms with E-state index in [1.54, 1.807) is 24.3 Å². The molecule has 1 aromatic heterocycles. The number of rotatable bonds is 11. The van der Waals surface area contributed by atoms with Crippen molar-refractivity contribution in [1.82, 2.24) is 14.8 Å². The predicted octanol–water partition coefficient (Wildman–Crippen LogP) is 9.00. The highest BCUT2D eigenvalue weighted by Crippen LogP contribution is 2.40. The maximum absolute atomic E-state index is 13.4. The molecule has 3 atom stereocenters. The number of nitrogens with one attached hydrogen (secondary N) is 1. The molecule has 8 heteroatoms. The van der Waals surface area contributed by atoms with Crippen molar-refractivity contribution in [3.8, 4) is 0 Å². The summed E-state index contributed by atoms with van der Waals surface area (Å²) in [5.74, 6) is 0.571. The number of amides is 1. The molecule has 3 aromatic carbocycles. The first-order valence-electron chi connectivity index (χ1n) is 15.7. The highest BCUT2D eigenvalue weighted by atomic mass is 35.5. The van der Waals surface area contributed by atoms with Gasteiger partial charge < -0.3 is 9.88 Å². The van der Waals surface area contributed by atoms with Crippen LogP contribution >= 0.6 is 34.8 Å². The Morgan fingerprint density at radius 3 is 2.36 bits per heavy atom. The van der Waals surface area contributed by atoms with Crippen LogP contribution in [0, 0.1) is 5.92 Å². The molecule has 0 spiro atoms. The molecular weight excluding hydrogens is 613 g/mol. The Hall–Kier alpha value is -2.83. The van der Waals surface area contributed by atoms with Gasteiger partial charge in [0.2, 0.25) is 0 Å². The number of hydrogen-bond donors (Lipinski definition) is 1. The lowest BCUT2D eigenvalue weighted by Gasteiger charge is -2.39. The number of carbonyl (C=O) groups is 2. The van der Waals surface area contributed by atoms with Gasteiger partial charge in [0.15, 0.2) is 5.78 Å². The van der Waals surface area contributed by atoms with Crippen LogP contribution < -0.4 is 5.32 Å². The fourth-order valence-corrected chi connectivity index (χ4v) is 7.81. The number of para-hydroxylation sites is 1. The zero-order chi connectivity index (χ0) is 30.8. The number of hydrogen-bond acceptors (Lipinski definition) is 3. The number of ketones is 1. The van der Waals surface area contributed by atoms with E-state index in [0.29, 0.717) is 51.6 Å². The van der Waals surface area contributed by atoms with Crippen molar-refractivity contribution in [2.24, 2.45) is 5.92 Å². The summed E-state index contributed by atoms with van der Waals surface area (Å²) in [4.78, 5) is 29.0. The quantitative estimate of drug-likeness (QED) is 0.165. The van der Waals surface area contributed by atoms with Crippen molar-refractivity contribution in [2.45, 2.75) is 77.0 Å². The van der Waals surface area contributed by atoms with Gasteiger partial charge >= 0.3 is 0 Å². The van der Waals surface area contributed by atoms with Gasteiger partial charge in [-0.1, -0.05) is 66.0 Å². The van der Waals surface area contributed by atoms with Crippen LogP contribution in [0.2, 0.25) is 15.1 Å². The fourth-order valence-electron chi connectivity index (χ4n) is 7.37. The topological polar surface area (TPSA) is 54.3 Å². The van der Waals surface area contributed by atoms with E-state index in [1.165, 1.54) is 18.4 Å². The highest BCUT2D eigenvalue weighted by molar-refractivity contribution is 6.42. The zero-order valence-corrected chi connectivity index (χ0v) is 27.3. The van der Waals surface area contributed by atoms with E-state index in [9.17, 15) is 9.59 Å². The summed E-state index contributed by atoms with van der Waals surface area (Å²) in [6.07, 6.45) is 9.16. The molecule has 2 aliphatic rings. The minimum Gasteiger partial charge on any atom is -0.348 e. The van der Waals surface area contributed by atoms with Gasteiger partial charge in [0.05, 0.1) is 21.1 Å². The first-order chi connectivity index (χ1) is 21.3. The smallest absolute Gasteiger partial charge is 0.253 e. The Bertz CT molecular complexity index is 1650. The molecule has 4 aromatic rings. The molecule has 6 rings (SSSR count). The van der Waals surface area contributed by atoms with Crippen LogP contribution in [0.4, 0.5) is 0 Å². The van der Waals surface area contributed by atoms with Crippen molar-refractivity contribution in [2.75, 3.05) is 6.54 Å². The molecule has 44 heavy (non-hydrogen) atoms. The Morgan fingerprint density at radius 2 is 1.66 bits per heavy atom. The third-order valence-corrected chi connectivity index (χ3v) is 10.5. The average molecular weight is 651 g/mol. The monoisotopic (exact) mass is 649 g/mol. The van der Waals surface area contributed by atoms with Crippen molar-refractivity contribution >= 4 is 57.4 Å². The lowest BCUT2D eigenvalue weighted by molar-refractivity contribution is 0.0807. The molecule has 2 fully saturated rings. The third kappa shape index (κ3) is 6.72. The van der Waals surface area contributed by atoms with Crippen molar-refractivity contribution < 1.29 is 9.59 Å². The highest BCUT2D eigenvalue weighted by Gasteiger charge is 2.40. The SMILES string of the molecule is CCc1cccc2c(C(=O)NCc3ccc(Cl)c(Cl)c3)cn(CCCN3[C@@H]4CC[C@H]3C[C@H](CC(=O)c3ccc(Cl)cc3)C4)c12. The molecule has 0 unspecified atom stereocenters. The molecule has 5 nitrogen and oxygen atoms in total. The van der Waals surface area contributed by atoms with Gasteiger partial charge in [-0.25, -0.2) is 0 Å². The van der Waals surface area contributed by atoms with E-state index in [-0.39, 0.29) is 11.7 Å². The van der Waals surface area contributed by atoms with Crippen LogP contribution in [-0.4, -0.2) is 39.8 Å². The summed E-state index contributed by atoms with van der Waals surface area (Å²) in [7, 11) is 0. The average Bonchev–Trinajstić information content (AvgIpc) is 3.51. The summed E-state index contributed by atoms with van der Waals surface area (Å²) in [5, 5.41) is 5.69. The van der Waals surface area contributed by atoms with E-state index >= 15 is 0 Å². The van der Waals surface area contributed by atoms with Crippen LogP contribution in [0.3, 0.4) is 0 Å². The molecule has 0 aliphatic carbocycles. The van der Waals surface area contributed by atoms with Crippen LogP contribution in [0.15, 0.2) is 66.9 Å². The Kier molecular flexibility index (Phi) is 9.68. The predicted molar refractivity (Wildman–Crippen MR) is 180 cm³/mol. The molecular formula is C36H38Cl3N3O2. The molecule has 3 heterocycles. The van der Waals surface area contributed by atoms with Gasteiger partial charge in [0.25, 0.3) is 5.91 Å². The maximum atomic E-state index is 13.4. The normalized spacial score (nSPS) is 19.9. The number of piperidine rings is 1.